The van der Waals surface area contributed by atoms with E-state index in [9.17, 15) is 4.79 Å². The van der Waals surface area contributed by atoms with Crippen molar-refractivity contribution in [1.82, 2.24) is 15.5 Å². The zero-order valence-electron chi connectivity index (χ0n) is 16.7. The smallest absolute Gasteiger partial charge is 0.265 e. The lowest BCUT2D eigenvalue weighted by Gasteiger charge is -2.35. The number of ether oxygens (including phenoxy) is 2. The van der Waals surface area contributed by atoms with Crippen molar-refractivity contribution in [2.24, 2.45) is 0 Å². The van der Waals surface area contributed by atoms with Gasteiger partial charge in [-0.3, -0.25) is 9.89 Å². The normalized spacial score (nSPS) is 21.4. The molecule has 7 nitrogen and oxygen atoms in total. The third-order valence-corrected chi connectivity index (χ3v) is 6.52. The number of aromatic nitrogens is 2. The van der Waals surface area contributed by atoms with Crippen LogP contribution in [-0.2, 0) is 4.79 Å². The van der Waals surface area contributed by atoms with E-state index in [1.165, 1.54) is 4.88 Å². The minimum atomic E-state index is -0.641. The molecule has 2 aliphatic rings. The number of anilines is 1. The summed E-state index contributed by atoms with van der Waals surface area (Å²) < 4.78 is 11.8. The standard InChI is InChI=1S/C22H24N4O3S/c1-14-21(29-18-6-3-2-5-17(18)28-14)22(27)23-15-8-10-26(11-9-15)20-13-16(24-25-20)19-7-4-12-30-19/h2-7,12-15,21H,8-11H2,1H3,(H,23,27)(H,24,25). The molecule has 0 aliphatic carbocycles. The minimum Gasteiger partial charge on any atom is -0.482 e. The Kier molecular flexibility index (Phi) is 5.08. The van der Waals surface area contributed by atoms with E-state index in [4.69, 9.17) is 9.47 Å². The summed E-state index contributed by atoms with van der Waals surface area (Å²) in [6.45, 7) is 3.56. The molecular weight excluding hydrogens is 400 g/mol. The average molecular weight is 425 g/mol. The fourth-order valence-electron chi connectivity index (χ4n) is 3.97. The van der Waals surface area contributed by atoms with Gasteiger partial charge in [-0.25, -0.2) is 0 Å². The monoisotopic (exact) mass is 424 g/mol. The maximum absolute atomic E-state index is 12.8. The van der Waals surface area contributed by atoms with Crippen molar-refractivity contribution >= 4 is 23.1 Å². The Balaban J connectivity index is 1.16. The van der Waals surface area contributed by atoms with Gasteiger partial charge in [0.2, 0.25) is 6.10 Å². The largest absolute Gasteiger partial charge is 0.482 e. The summed E-state index contributed by atoms with van der Waals surface area (Å²) >= 11 is 1.69. The van der Waals surface area contributed by atoms with E-state index in [0.717, 1.165) is 37.4 Å². The van der Waals surface area contributed by atoms with Crippen LogP contribution in [0.15, 0.2) is 47.8 Å². The number of aromatic amines is 1. The fraction of sp³-hybridized carbons (Fsp3) is 0.364. The number of hydrogen-bond donors (Lipinski definition) is 2. The number of thiophene rings is 1. The number of carbonyl (C=O) groups excluding carboxylic acids is 1. The second kappa shape index (κ2) is 8.02. The summed E-state index contributed by atoms with van der Waals surface area (Å²) in [5.41, 5.74) is 1.04. The number of carbonyl (C=O) groups is 1. The van der Waals surface area contributed by atoms with Crippen LogP contribution in [0.2, 0.25) is 0 Å². The van der Waals surface area contributed by atoms with Crippen LogP contribution >= 0.6 is 11.3 Å². The molecule has 8 heteroatoms. The van der Waals surface area contributed by atoms with Gasteiger partial charge < -0.3 is 19.7 Å². The van der Waals surface area contributed by atoms with Gasteiger partial charge in [-0.15, -0.1) is 11.3 Å². The van der Waals surface area contributed by atoms with Crippen molar-refractivity contribution < 1.29 is 14.3 Å². The number of piperidine rings is 1. The van der Waals surface area contributed by atoms with Crippen molar-refractivity contribution in [2.75, 3.05) is 18.0 Å². The average Bonchev–Trinajstić information content (AvgIpc) is 3.46. The van der Waals surface area contributed by atoms with Crippen LogP contribution in [-0.4, -0.2) is 47.4 Å². The molecule has 4 heterocycles. The van der Waals surface area contributed by atoms with Crippen molar-refractivity contribution in [2.45, 2.75) is 38.0 Å². The van der Waals surface area contributed by atoms with Crippen LogP contribution in [0.1, 0.15) is 19.8 Å². The number of nitrogens with zero attached hydrogens (tertiary/aromatic N) is 2. The lowest BCUT2D eigenvalue weighted by molar-refractivity contribution is -0.134. The summed E-state index contributed by atoms with van der Waals surface area (Å²) in [4.78, 5) is 16.3. The molecule has 2 aliphatic heterocycles. The molecule has 1 aromatic carbocycles. The van der Waals surface area contributed by atoms with E-state index in [0.29, 0.717) is 11.5 Å². The van der Waals surface area contributed by atoms with Gasteiger partial charge in [-0.2, -0.15) is 5.10 Å². The molecule has 0 saturated carbocycles. The maximum atomic E-state index is 12.8. The van der Waals surface area contributed by atoms with E-state index < -0.39 is 6.10 Å². The van der Waals surface area contributed by atoms with E-state index >= 15 is 0 Å². The SMILES string of the molecule is CC1Oc2ccccc2OC1C(=O)NC1CCN(c2cc(-c3cccs3)[nH]n2)CC1. The van der Waals surface area contributed by atoms with Crippen LogP contribution in [0, 0.1) is 0 Å². The van der Waals surface area contributed by atoms with Gasteiger partial charge >= 0.3 is 0 Å². The van der Waals surface area contributed by atoms with Gasteiger partial charge in [0.15, 0.2) is 17.3 Å². The molecule has 1 amide bonds. The molecule has 3 aromatic rings. The van der Waals surface area contributed by atoms with Gasteiger partial charge in [0, 0.05) is 25.2 Å². The van der Waals surface area contributed by atoms with Gasteiger partial charge in [0.1, 0.15) is 6.10 Å². The highest BCUT2D eigenvalue weighted by molar-refractivity contribution is 7.13. The third-order valence-electron chi connectivity index (χ3n) is 5.62. The summed E-state index contributed by atoms with van der Waals surface area (Å²) in [5, 5.41) is 12.8. The van der Waals surface area contributed by atoms with Crippen molar-refractivity contribution in [3.05, 3.63) is 47.8 Å². The second-order valence-corrected chi connectivity index (χ2v) is 8.64. The zero-order valence-corrected chi connectivity index (χ0v) is 17.5. The van der Waals surface area contributed by atoms with Gasteiger partial charge in [0.25, 0.3) is 5.91 Å². The van der Waals surface area contributed by atoms with Crippen molar-refractivity contribution in [3.8, 4) is 22.1 Å². The van der Waals surface area contributed by atoms with E-state index in [1.807, 2.05) is 37.3 Å². The molecule has 0 spiro atoms. The summed E-state index contributed by atoms with van der Waals surface area (Å²) in [6, 6.07) is 13.8. The Labute approximate surface area is 179 Å². The van der Waals surface area contributed by atoms with Crippen LogP contribution in [0.25, 0.3) is 10.6 Å². The Morgan fingerprint density at radius 3 is 2.67 bits per heavy atom. The first-order valence-corrected chi connectivity index (χ1v) is 11.1. The summed E-state index contributed by atoms with van der Waals surface area (Å²) in [5.74, 6) is 2.14. The number of H-pyrrole nitrogens is 1. The highest BCUT2D eigenvalue weighted by Crippen LogP contribution is 2.33. The van der Waals surface area contributed by atoms with Crippen LogP contribution < -0.4 is 19.7 Å². The predicted octanol–water partition coefficient (Wildman–Crippen LogP) is 3.45. The minimum absolute atomic E-state index is 0.116. The lowest BCUT2D eigenvalue weighted by atomic mass is 10.0. The van der Waals surface area contributed by atoms with Gasteiger partial charge in [-0.1, -0.05) is 18.2 Å². The first-order chi connectivity index (χ1) is 14.7. The first kappa shape index (κ1) is 19.0. The highest BCUT2D eigenvalue weighted by atomic mass is 32.1. The summed E-state index contributed by atoms with van der Waals surface area (Å²) in [7, 11) is 0. The molecule has 30 heavy (non-hydrogen) atoms. The van der Waals surface area contributed by atoms with Crippen LogP contribution in [0.5, 0.6) is 11.5 Å². The topological polar surface area (TPSA) is 79.5 Å². The van der Waals surface area contributed by atoms with Crippen LogP contribution in [0.4, 0.5) is 5.82 Å². The van der Waals surface area contributed by atoms with Crippen molar-refractivity contribution in [3.63, 3.8) is 0 Å². The highest BCUT2D eigenvalue weighted by Gasteiger charge is 2.35. The first-order valence-electron chi connectivity index (χ1n) is 10.2. The zero-order chi connectivity index (χ0) is 20.5. The molecule has 2 N–H and O–H groups in total. The Morgan fingerprint density at radius 1 is 1.17 bits per heavy atom. The molecule has 1 saturated heterocycles. The van der Waals surface area contributed by atoms with Gasteiger partial charge in [0.05, 0.1) is 10.6 Å². The van der Waals surface area contributed by atoms with Crippen LogP contribution in [0.3, 0.4) is 0 Å². The predicted molar refractivity (Wildman–Crippen MR) is 116 cm³/mol. The fourth-order valence-corrected chi connectivity index (χ4v) is 4.67. The Morgan fingerprint density at radius 2 is 1.93 bits per heavy atom. The molecule has 0 bridgehead atoms. The lowest BCUT2D eigenvalue weighted by Crippen LogP contribution is -2.53. The molecule has 0 radical (unpaired) electrons. The number of rotatable bonds is 4. The van der Waals surface area contributed by atoms with Gasteiger partial charge in [-0.05, 0) is 43.3 Å². The molecular formula is C22H24N4O3S. The molecule has 5 rings (SSSR count). The maximum Gasteiger partial charge on any atom is 0.265 e. The Bertz CT molecular complexity index is 1010. The number of fused-ring (bicyclic) bond motifs is 1. The number of nitrogens with one attached hydrogen (secondary N) is 2. The van der Waals surface area contributed by atoms with E-state index in [-0.39, 0.29) is 18.1 Å². The molecule has 1 fully saturated rings. The molecule has 2 atom stereocenters. The van der Waals surface area contributed by atoms with Crippen molar-refractivity contribution in [1.29, 1.82) is 0 Å². The molecule has 2 aromatic heterocycles. The molecule has 2 unspecified atom stereocenters. The Hall–Kier alpha value is -3.00. The quantitative estimate of drug-likeness (QED) is 0.671. The number of hydrogen-bond acceptors (Lipinski definition) is 6. The van der Waals surface area contributed by atoms with E-state index in [2.05, 4.69) is 37.9 Å². The van der Waals surface area contributed by atoms with E-state index in [1.54, 1.807) is 11.3 Å². The number of benzene rings is 1. The third kappa shape index (κ3) is 3.75. The molecule has 156 valence electrons. The second-order valence-electron chi connectivity index (χ2n) is 7.70. The number of amides is 1. The summed E-state index contributed by atoms with van der Waals surface area (Å²) in [6.07, 6.45) is 0.758. The number of para-hydroxylation sites is 2.